The van der Waals surface area contributed by atoms with E-state index in [2.05, 4.69) is 19.7 Å². The Hall–Kier alpha value is -15.0. The van der Waals surface area contributed by atoms with Gasteiger partial charge < -0.3 is 95.8 Å². The molecule has 3 unspecified atom stereocenters. The quantitative estimate of drug-likeness (QED) is 0.00940. The standard InChI is InChI=1S/C41H40O10.C37H28O10.C17H18O5.C7H8O2.C3H3ClO/c1-27-20-36(50-40(42)32-10-8-30-23-34(14-12-28(30)21-32)46-25-48-38-6-2-4-18-44-38)16-17-37(27)51-41(43)33-11-9-31-24-35(15-13-29(31)22-33)47-26-49-39-7-3-5-19-45-39;1-4-34(38)44-21-42-30-12-10-24-17-28(8-6-26(24)19-30)36(40)46-32-14-15-33(23(3)16-32)47-37(41)29-9-7-27-20-31(13-11-25(27)18-29)43-22-45-35(39)5-2;18-17(19)14-5-4-13-10-15(7-6-12(13)9-14)21-11-22-16-3-1-2-8-20-16;1-5-4-6(8)2-3-7(5)9;1-2-3(4)5/h8-17,20-24,38-39H,2-7,18-19,25-26H2,1H3;4-20H,1-2,21-22H2,3H3;4-7,9-10,16H,1-3,8,11H2,(H,18,19);2-4,8-9H,1H3;2H,1H2. The molecule has 3 heterocycles. The van der Waals surface area contributed by atoms with Crippen LogP contribution < -0.4 is 42.6 Å². The molecule has 3 atom stereocenters. The van der Waals surface area contributed by atoms with Crippen LogP contribution in [0.25, 0.3) is 53.9 Å². The maximum absolute atomic E-state index is 13.1. The Bertz CT molecular complexity index is 6390. The summed E-state index contributed by atoms with van der Waals surface area (Å²) in [5.41, 5.74) is 3.68. The Morgan fingerprint density at radius 2 is 0.612 bits per heavy atom. The number of benzene rings is 13. The molecule has 0 amide bonds. The zero-order valence-corrected chi connectivity index (χ0v) is 74.3. The zero-order chi connectivity index (χ0) is 94.8. The number of halogens is 1. The fourth-order valence-corrected chi connectivity index (χ4v) is 13.6. The van der Waals surface area contributed by atoms with Crippen molar-refractivity contribution >= 4 is 112 Å². The molecule has 13 aromatic carbocycles. The van der Waals surface area contributed by atoms with E-state index >= 15 is 0 Å². The number of aryl methyl sites for hydroxylation is 3. The highest BCUT2D eigenvalue weighted by Gasteiger charge is 2.22. The number of carboxylic acids is 1. The van der Waals surface area contributed by atoms with Crippen molar-refractivity contribution in [2.75, 3.05) is 53.8 Å². The number of fused-ring (bicyclic) bond motifs is 5. The minimum atomic E-state index is -0.928. The second-order valence-corrected chi connectivity index (χ2v) is 30.7. The van der Waals surface area contributed by atoms with Gasteiger partial charge in [0, 0.05) is 32.0 Å². The van der Waals surface area contributed by atoms with E-state index in [1.54, 1.807) is 178 Å². The van der Waals surface area contributed by atoms with E-state index < -0.39 is 47.0 Å². The molecule has 0 aromatic heterocycles. The number of aromatic carboxylic acids is 1. The van der Waals surface area contributed by atoms with Crippen molar-refractivity contribution in [2.45, 2.75) is 97.4 Å². The molecule has 3 saturated heterocycles. The third-order valence-corrected chi connectivity index (χ3v) is 20.9. The van der Waals surface area contributed by atoms with Crippen LogP contribution in [-0.2, 0) is 52.3 Å². The van der Waals surface area contributed by atoms with Crippen molar-refractivity contribution in [1.82, 2.24) is 0 Å². The predicted molar refractivity (Wildman–Crippen MR) is 499 cm³/mol. The molecule has 3 aliphatic heterocycles. The molecule has 0 radical (unpaired) electrons. The number of aromatic hydroxyl groups is 2. The molecule has 3 N–H and O–H groups in total. The topological polar surface area (TPSA) is 354 Å². The second-order valence-electron chi connectivity index (χ2n) is 30.3. The number of ether oxygens (including phenoxy) is 17. The van der Waals surface area contributed by atoms with E-state index in [4.69, 9.17) is 107 Å². The Morgan fingerprint density at radius 3 is 0.888 bits per heavy atom. The van der Waals surface area contributed by atoms with Crippen molar-refractivity contribution in [3.05, 3.63) is 319 Å². The minimum absolute atomic E-state index is 0.104. The van der Waals surface area contributed by atoms with Crippen LogP contribution in [0.15, 0.2) is 275 Å². The van der Waals surface area contributed by atoms with Crippen LogP contribution in [0.2, 0.25) is 0 Å². The van der Waals surface area contributed by atoms with Crippen LogP contribution in [0.4, 0.5) is 0 Å². The highest BCUT2D eigenvalue weighted by atomic mass is 35.5. The molecule has 16 rings (SSSR count). The van der Waals surface area contributed by atoms with Crippen molar-refractivity contribution in [1.29, 1.82) is 0 Å². The van der Waals surface area contributed by atoms with Gasteiger partial charge in [0.05, 0.1) is 27.8 Å². The van der Waals surface area contributed by atoms with Crippen LogP contribution in [0.1, 0.15) is 126 Å². The molecule has 0 spiro atoms. The summed E-state index contributed by atoms with van der Waals surface area (Å²) in [6.45, 7) is 17.0. The zero-order valence-electron chi connectivity index (χ0n) is 73.5. The number of phenolic OH excluding ortho intramolecular Hbond substituents is 2. The largest absolute Gasteiger partial charge is 0.508 e. The fourth-order valence-electron chi connectivity index (χ4n) is 13.6. The maximum atomic E-state index is 13.1. The molecule has 0 aliphatic carbocycles. The van der Waals surface area contributed by atoms with Crippen LogP contribution in [0, 0.1) is 20.8 Å². The van der Waals surface area contributed by atoms with Crippen molar-refractivity contribution in [3.8, 4) is 63.2 Å². The van der Waals surface area contributed by atoms with E-state index in [1.165, 1.54) is 18.2 Å². The highest BCUT2D eigenvalue weighted by Crippen LogP contribution is 2.34. The summed E-state index contributed by atoms with van der Waals surface area (Å²) in [4.78, 5) is 94.7. The second kappa shape index (κ2) is 49.3. The maximum Gasteiger partial charge on any atom is 0.343 e. The number of carbonyl (C=O) groups is 8. The van der Waals surface area contributed by atoms with Gasteiger partial charge >= 0.3 is 41.8 Å². The van der Waals surface area contributed by atoms with E-state index in [0.717, 1.165) is 136 Å². The molecule has 0 saturated carbocycles. The highest BCUT2D eigenvalue weighted by molar-refractivity contribution is 6.66. The van der Waals surface area contributed by atoms with Crippen LogP contribution in [0.5, 0.6) is 63.2 Å². The number of carboxylic acid groups (broad SMARTS) is 1. The number of rotatable bonds is 30. The summed E-state index contributed by atoms with van der Waals surface area (Å²) in [5, 5.41) is 34.8. The summed E-state index contributed by atoms with van der Waals surface area (Å²) >= 11 is 4.71. The third-order valence-electron chi connectivity index (χ3n) is 20.7. The summed E-state index contributed by atoms with van der Waals surface area (Å²) in [6.07, 6.45) is 11.7. The number of hydrogen-bond donors (Lipinski definition) is 3. The average molecular weight is 1840 g/mol. The Morgan fingerprint density at radius 1 is 0.328 bits per heavy atom. The first-order valence-electron chi connectivity index (χ1n) is 42.6. The molecule has 28 nitrogen and oxygen atoms in total. The number of phenols is 2. The summed E-state index contributed by atoms with van der Waals surface area (Å²) < 4.78 is 93.6. The monoisotopic (exact) mass is 1840 g/mol. The van der Waals surface area contributed by atoms with E-state index in [9.17, 15) is 38.4 Å². The number of esters is 6. The third kappa shape index (κ3) is 29.8. The van der Waals surface area contributed by atoms with Crippen molar-refractivity contribution in [3.63, 3.8) is 0 Å². The summed E-state index contributed by atoms with van der Waals surface area (Å²) in [6, 6.07) is 67.1. The van der Waals surface area contributed by atoms with Gasteiger partial charge in [-0.1, -0.05) is 80.4 Å². The van der Waals surface area contributed by atoms with Gasteiger partial charge in [-0.05, 0) is 343 Å². The molecule has 692 valence electrons. The first-order chi connectivity index (χ1) is 64.9. The molecule has 3 aliphatic rings. The average Bonchev–Trinajstić information content (AvgIpc) is 0.819. The number of allylic oxidation sites excluding steroid dienone is 1. The Balaban J connectivity index is 0.000000177. The van der Waals surface area contributed by atoms with Gasteiger partial charge in [0.25, 0.3) is 0 Å². The Labute approximate surface area is 776 Å². The molecule has 134 heavy (non-hydrogen) atoms. The molecule has 3 fully saturated rings. The molecule has 13 aromatic rings. The van der Waals surface area contributed by atoms with Gasteiger partial charge in [0.2, 0.25) is 18.8 Å². The van der Waals surface area contributed by atoms with E-state index in [0.29, 0.717) is 98.2 Å². The first-order valence-corrected chi connectivity index (χ1v) is 43.0. The molecule has 29 heteroatoms. The lowest BCUT2D eigenvalue weighted by atomic mass is 10.1. The van der Waals surface area contributed by atoms with Gasteiger partial charge in [-0.2, -0.15) is 0 Å². The minimum Gasteiger partial charge on any atom is -0.508 e. The smallest absolute Gasteiger partial charge is 0.343 e. The van der Waals surface area contributed by atoms with Gasteiger partial charge in [-0.3, -0.25) is 4.79 Å². The first kappa shape index (κ1) is 98.0. The van der Waals surface area contributed by atoms with E-state index in [1.807, 2.05) is 60.7 Å². The molecule has 0 bridgehead atoms. The lowest BCUT2D eigenvalue weighted by molar-refractivity contribution is -0.191. The summed E-state index contributed by atoms with van der Waals surface area (Å²) in [5.74, 6) is 0.489. The van der Waals surface area contributed by atoms with Crippen LogP contribution in [0.3, 0.4) is 0 Å². The predicted octanol–water partition coefficient (Wildman–Crippen LogP) is 21.1. The number of carbonyl (C=O) groups excluding carboxylic acids is 7. The fraction of sp³-hybridized carbons (Fsp3) is 0.219. The van der Waals surface area contributed by atoms with Gasteiger partial charge in [0.15, 0.2) is 39.2 Å². The SMILES string of the molecule is C=CC(=O)Cl.C=CC(=O)OCOc1ccc2cc(C(=O)Oc3ccc(OC(=O)c4ccc5cc(OCOC(=O)C=C)ccc5c4)c(C)c3)ccc2c1.Cc1cc(O)ccc1O.Cc1cc(OC(=O)c2ccc3cc(OCOC4CCCCO4)ccc3c2)ccc1OC(=O)c1ccc2cc(OCOC3CCCCO3)ccc2c1.O=C(O)c1ccc2cc(OCOC3CCCCO3)ccc2c1. The van der Waals surface area contributed by atoms with Crippen LogP contribution in [-0.4, -0.2) is 135 Å². The molecular weight excluding hydrogens is 1740 g/mol. The van der Waals surface area contributed by atoms with Gasteiger partial charge in [-0.15, -0.1) is 0 Å². The van der Waals surface area contributed by atoms with Gasteiger partial charge in [-0.25, -0.2) is 33.6 Å². The summed E-state index contributed by atoms with van der Waals surface area (Å²) in [7, 11) is 0. The Kier molecular flexibility index (Phi) is 36.1. The lowest BCUT2D eigenvalue weighted by Crippen LogP contribution is -2.24. The molecular formula is C105H97ClO28. The van der Waals surface area contributed by atoms with Crippen molar-refractivity contribution < 1.29 is 134 Å². The number of hydrogen-bond acceptors (Lipinski definition) is 27. The van der Waals surface area contributed by atoms with Crippen molar-refractivity contribution in [2.24, 2.45) is 0 Å². The van der Waals surface area contributed by atoms with Crippen LogP contribution >= 0.6 is 11.6 Å². The van der Waals surface area contributed by atoms with Gasteiger partial charge in [0.1, 0.15) is 63.2 Å². The lowest BCUT2D eigenvalue weighted by Gasteiger charge is -2.22. The normalized spacial score (nSPS) is 14.3. The van der Waals surface area contributed by atoms with E-state index in [-0.39, 0.29) is 75.6 Å².